The standard InChI is InChI=1S/C15H27N3O3/c1-16(2)15(7-5-8-15)11-17(3)14(21)18-9-4-6-12(10-18)13(19)20/h12H,4-11H2,1-3H3,(H,19,20)/t12-/m0/s1. The van der Waals surface area contributed by atoms with E-state index >= 15 is 0 Å². The molecule has 6 nitrogen and oxygen atoms in total. The fraction of sp³-hybridized carbons (Fsp3) is 0.867. The van der Waals surface area contributed by atoms with Gasteiger partial charge in [-0.25, -0.2) is 4.79 Å². The van der Waals surface area contributed by atoms with Crippen LogP contribution in [0.3, 0.4) is 0 Å². The van der Waals surface area contributed by atoms with Gasteiger partial charge in [0.1, 0.15) is 0 Å². The van der Waals surface area contributed by atoms with Gasteiger partial charge in [0.15, 0.2) is 0 Å². The first kappa shape index (κ1) is 16.1. The van der Waals surface area contributed by atoms with E-state index in [1.54, 1.807) is 9.80 Å². The molecule has 0 radical (unpaired) electrons. The van der Waals surface area contributed by atoms with Crippen LogP contribution in [0.2, 0.25) is 0 Å². The van der Waals surface area contributed by atoms with Crippen LogP contribution < -0.4 is 0 Å². The SMILES string of the molecule is CN(CC1(N(C)C)CCC1)C(=O)N1CCC[C@H](C(=O)O)C1. The van der Waals surface area contributed by atoms with Crippen molar-refractivity contribution in [2.75, 3.05) is 40.8 Å². The summed E-state index contributed by atoms with van der Waals surface area (Å²) in [6, 6.07) is -0.0333. The van der Waals surface area contributed by atoms with E-state index < -0.39 is 11.9 Å². The van der Waals surface area contributed by atoms with Crippen molar-refractivity contribution < 1.29 is 14.7 Å². The van der Waals surface area contributed by atoms with Crippen LogP contribution in [0.5, 0.6) is 0 Å². The van der Waals surface area contributed by atoms with E-state index in [4.69, 9.17) is 5.11 Å². The lowest BCUT2D eigenvalue weighted by Crippen LogP contribution is -2.59. The molecule has 1 saturated carbocycles. The van der Waals surface area contributed by atoms with Gasteiger partial charge in [-0.3, -0.25) is 4.79 Å². The summed E-state index contributed by atoms with van der Waals surface area (Å²) in [5, 5.41) is 9.12. The molecule has 6 heteroatoms. The second-order valence-corrected chi connectivity index (χ2v) is 6.73. The highest BCUT2D eigenvalue weighted by molar-refractivity contribution is 5.76. The Morgan fingerprint density at radius 1 is 1.24 bits per heavy atom. The van der Waals surface area contributed by atoms with Crippen molar-refractivity contribution in [2.45, 2.75) is 37.6 Å². The predicted molar refractivity (Wildman–Crippen MR) is 80.2 cm³/mol. The molecule has 0 unspecified atom stereocenters. The first-order valence-electron chi connectivity index (χ1n) is 7.76. The first-order valence-corrected chi connectivity index (χ1v) is 7.76. The number of carbonyl (C=O) groups is 2. The minimum atomic E-state index is -0.793. The summed E-state index contributed by atoms with van der Waals surface area (Å²) in [6.07, 6.45) is 4.90. The zero-order valence-electron chi connectivity index (χ0n) is 13.3. The molecule has 1 saturated heterocycles. The quantitative estimate of drug-likeness (QED) is 0.850. The van der Waals surface area contributed by atoms with Crippen molar-refractivity contribution in [1.29, 1.82) is 0 Å². The second-order valence-electron chi connectivity index (χ2n) is 6.73. The minimum Gasteiger partial charge on any atom is -0.481 e. The second kappa shape index (κ2) is 6.22. The molecule has 1 aliphatic heterocycles. The average molecular weight is 297 g/mol. The van der Waals surface area contributed by atoms with Crippen molar-refractivity contribution in [1.82, 2.24) is 14.7 Å². The van der Waals surface area contributed by atoms with Crippen LogP contribution in [0.1, 0.15) is 32.1 Å². The van der Waals surface area contributed by atoms with E-state index in [0.717, 1.165) is 19.3 Å². The number of likely N-dealkylation sites (tertiary alicyclic amines) is 1. The summed E-state index contributed by atoms with van der Waals surface area (Å²) < 4.78 is 0. The minimum absolute atomic E-state index is 0.0333. The molecular formula is C15H27N3O3. The average Bonchev–Trinajstić information content (AvgIpc) is 2.41. The number of carboxylic acids is 1. The molecule has 2 aliphatic rings. The third-order valence-electron chi connectivity index (χ3n) is 5.13. The maximum atomic E-state index is 12.5. The molecule has 2 amide bonds. The molecule has 21 heavy (non-hydrogen) atoms. The zero-order chi connectivity index (χ0) is 15.6. The van der Waals surface area contributed by atoms with E-state index in [9.17, 15) is 9.59 Å². The lowest BCUT2D eigenvalue weighted by atomic mass is 9.75. The van der Waals surface area contributed by atoms with E-state index in [1.165, 1.54) is 6.42 Å². The van der Waals surface area contributed by atoms with Crippen LogP contribution >= 0.6 is 0 Å². The van der Waals surface area contributed by atoms with E-state index in [2.05, 4.69) is 19.0 Å². The Morgan fingerprint density at radius 3 is 2.38 bits per heavy atom. The van der Waals surface area contributed by atoms with E-state index in [-0.39, 0.29) is 11.6 Å². The van der Waals surface area contributed by atoms with Crippen LogP contribution in [-0.2, 0) is 4.79 Å². The molecule has 1 N–H and O–H groups in total. The Hall–Kier alpha value is -1.30. The molecular weight excluding hydrogens is 270 g/mol. The van der Waals surface area contributed by atoms with Gasteiger partial charge in [-0.1, -0.05) is 0 Å². The zero-order valence-corrected chi connectivity index (χ0v) is 13.3. The molecule has 0 aromatic carbocycles. The monoisotopic (exact) mass is 297 g/mol. The molecule has 0 spiro atoms. The first-order chi connectivity index (χ1) is 9.85. The number of nitrogens with zero attached hydrogens (tertiary/aromatic N) is 3. The molecule has 1 atom stereocenters. The lowest BCUT2D eigenvalue weighted by molar-refractivity contribution is -0.143. The molecule has 1 aliphatic carbocycles. The van der Waals surface area contributed by atoms with Crippen LogP contribution in [0.4, 0.5) is 4.79 Å². The van der Waals surface area contributed by atoms with Crippen molar-refractivity contribution in [2.24, 2.45) is 5.92 Å². The van der Waals surface area contributed by atoms with Gasteiger partial charge in [0.2, 0.25) is 0 Å². The highest BCUT2D eigenvalue weighted by Gasteiger charge is 2.41. The summed E-state index contributed by atoms with van der Waals surface area (Å²) in [7, 11) is 5.97. The van der Waals surface area contributed by atoms with Crippen molar-refractivity contribution in [3.05, 3.63) is 0 Å². The summed E-state index contributed by atoms with van der Waals surface area (Å²) in [4.78, 5) is 29.3. The van der Waals surface area contributed by atoms with E-state index in [1.807, 2.05) is 7.05 Å². The molecule has 2 fully saturated rings. The summed E-state index contributed by atoms with van der Waals surface area (Å²) in [5.41, 5.74) is 0.104. The topological polar surface area (TPSA) is 64.1 Å². The third-order valence-corrected chi connectivity index (χ3v) is 5.13. The number of carbonyl (C=O) groups excluding carboxylic acids is 1. The fourth-order valence-electron chi connectivity index (χ4n) is 3.43. The van der Waals surface area contributed by atoms with Gasteiger partial charge in [0.25, 0.3) is 0 Å². The number of hydrogen-bond acceptors (Lipinski definition) is 3. The van der Waals surface area contributed by atoms with Gasteiger partial charge in [0.05, 0.1) is 5.92 Å². The Balaban J connectivity index is 1.94. The van der Waals surface area contributed by atoms with Gasteiger partial charge < -0.3 is 19.8 Å². The maximum absolute atomic E-state index is 12.5. The summed E-state index contributed by atoms with van der Waals surface area (Å²) in [5.74, 6) is -1.21. The van der Waals surface area contributed by atoms with Crippen LogP contribution in [0.25, 0.3) is 0 Å². The number of rotatable bonds is 4. The Kier molecular flexibility index (Phi) is 4.76. The van der Waals surface area contributed by atoms with Crippen LogP contribution in [0.15, 0.2) is 0 Å². The van der Waals surface area contributed by atoms with Crippen molar-refractivity contribution in [3.8, 4) is 0 Å². The molecule has 0 bridgehead atoms. The summed E-state index contributed by atoms with van der Waals surface area (Å²) in [6.45, 7) is 1.72. The number of hydrogen-bond donors (Lipinski definition) is 1. The smallest absolute Gasteiger partial charge is 0.319 e. The number of amides is 2. The number of piperidine rings is 1. The largest absolute Gasteiger partial charge is 0.481 e. The fourth-order valence-corrected chi connectivity index (χ4v) is 3.43. The molecule has 0 aromatic heterocycles. The number of likely N-dealkylation sites (N-methyl/N-ethyl adjacent to an activating group) is 2. The normalized spacial score (nSPS) is 24.6. The Labute approximate surface area is 126 Å². The highest BCUT2D eigenvalue weighted by Crippen LogP contribution is 2.36. The van der Waals surface area contributed by atoms with Gasteiger partial charge in [-0.15, -0.1) is 0 Å². The third kappa shape index (κ3) is 3.31. The number of carboxylic acid groups (broad SMARTS) is 1. The molecule has 1 heterocycles. The van der Waals surface area contributed by atoms with Crippen LogP contribution in [-0.4, -0.2) is 78.1 Å². The lowest BCUT2D eigenvalue weighted by Gasteiger charge is -2.49. The summed E-state index contributed by atoms with van der Waals surface area (Å²) >= 11 is 0. The number of urea groups is 1. The van der Waals surface area contributed by atoms with Gasteiger partial charge in [0, 0.05) is 32.2 Å². The Bertz CT molecular complexity index is 407. The van der Waals surface area contributed by atoms with Gasteiger partial charge in [-0.05, 0) is 46.2 Å². The van der Waals surface area contributed by atoms with Gasteiger partial charge in [-0.2, -0.15) is 0 Å². The maximum Gasteiger partial charge on any atom is 0.319 e. The molecule has 2 rings (SSSR count). The van der Waals surface area contributed by atoms with Crippen LogP contribution in [0, 0.1) is 5.92 Å². The van der Waals surface area contributed by atoms with Gasteiger partial charge >= 0.3 is 12.0 Å². The highest BCUT2D eigenvalue weighted by atomic mass is 16.4. The molecule has 120 valence electrons. The van der Waals surface area contributed by atoms with E-state index in [0.29, 0.717) is 26.1 Å². The van der Waals surface area contributed by atoms with Crippen molar-refractivity contribution in [3.63, 3.8) is 0 Å². The van der Waals surface area contributed by atoms with Crippen molar-refractivity contribution >= 4 is 12.0 Å². The molecule has 0 aromatic rings. The number of aliphatic carboxylic acids is 1. The predicted octanol–water partition coefficient (Wildman–Crippen LogP) is 1.32. The Morgan fingerprint density at radius 2 is 1.90 bits per heavy atom.